The summed E-state index contributed by atoms with van der Waals surface area (Å²) in [7, 11) is 0. The zero-order chi connectivity index (χ0) is 20.4. The lowest BCUT2D eigenvalue weighted by atomic mass is 10.0. The average molecular weight is 393 g/mol. The van der Waals surface area contributed by atoms with Crippen LogP contribution in [0.5, 0.6) is 0 Å². The fourth-order valence-corrected chi connectivity index (χ4v) is 3.09. The van der Waals surface area contributed by atoms with E-state index in [0.29, 0.717) is 17.9 Å². The number of nitrogens with zero attached hydrogens (tertiary/aromatic N) is 3. The molecule has 0 N–H and O–H groups in total. The van der Waals surface area contributed by atoms with Gasteiger partial charge in [0.1, 0.15) is 11.8 Å². The molecule has 0 fully saturated rings. The quantitative estimate of drug-likeness (QED) is 0.616. The molecule has 0 bridgehead atoms. The van der Waals surface area contributed by atoms with Crippen LogP contribution in [-0.4, -0.2) is 34.4 Å². The summed E-state index contributed by atoms with van der Waals surface area (Å²) in [6, 6.07) is 12.5. The van der Waals surface area contributed by atoms with E-state index >= 15 is 0 Å². The molecule has 1 aromatic carbocycles. The molecule has 29 heavy (non-hydrogen) atoms. The predicted octanol–water partition coefficient (Wildman–Crippen LogP) is 3.42. The van der Waals surface area contributed by atoms with Crippen LogP contribution >= 0.6 is 0 Å². The summed E-state index contributed by atoms with van der Waals surface area (Å²) in [6.45, 7) is 3.22. The highest BCUT2D eigenvalue weighted by atomic mass is 16.6. The Bertz CT molecular complexity index is 1050. The van der Waals surface area contributed by atoms with Crippen molar-refractivity contribution in [3.05, 3.63) is 77.1 Å². The van der Waals surface area contributed by atoms with Gasteiger partial charge in [-0.1, -0.05) is 35.0 Å². The van der Waals surface area contributed by atoms with Gasteiger partial charge < -0.3 is 13.7 Å². The number of amides is 1. The molecule has 8 nitrogen and oxygen atoms in total. The third kappa shape index (κ3) is 3.96. The Morgan fingerprint density at radius 2 is 2.00 bits per heavy atom. The second kappa shape index (κ2) is 7.75. The molecule has 1 aliphatic heterocycles. The van der Waals surface area contributed by atoms with Gasteiger partial charge in [0, 0.05) is 12.5 Å². The van der Waals surface area contributed by atoms with E-state index in [4.69, 9.17) is 13.7 Å². The standard InChI is InChI=1S/C21H19N3O5/c1-13-5-7-15(8-6-13)16-11-17(18-4-3-9-27-18)24(22-16)20(25)12-28-21(26)19-10-14(2)23-29-19/h3-10,17H,11-12H2,1-2H3. The Balaban J connectivity index is 1.52. The first-order chi connectivity index (χ1) is 14.0. The maximum absolute atomic E-state index is 12.8. The summed E-state index contributed by atoms with van der Waals surface area (Å²) in [4.78, 5) is 24.8. The number of aryl methyl sites for hydroxylation is 2. The summed E-state index contributed by atoms with van der Waals surface area (Å²) in [5.74, 6) is -0.655. The number of hydrogen-bond acceptors (Lipinski definition) is 7. The van der Waals surface area contributed by atoms with Crippen molar-refractivity contribution < 1.29 is 23.3 Å². The molecule has 0 radical (unpaired) electrons. The van der Waals surface area contributed by atoms with Crippen LogP contribution in [0.2, 0.25) is 0 Å². The minimum Gasteiger partial charge on any atom is -0.467 e. The van der Waals surface area contributed by atoms with E-state index in [9.17, 15) is 9.59 Å². The van der Waals surface area contributed by atoms with Crippen molar-refractivity contribution in [2.45, 2.75) is 26.3 Å². The van der Waals surface area contributed by atoms with E-state index in [1.165, 1.54) is 11.1 Å². The van der Waals surface area contributed by atoms with Gasteiger partial charge in [-0.05, 0) is 31.5 Å². The lowest BCUT2D eigenvalue weighted by molar-refractivity contribution is -0.136. The first-order valence-electron chi connectivity index (χ1n) is 9.11. The third-order valence-corrected chi connectivity index (χ3v) is 4.58. The predicted molar refractivity (Wildman–Crippen MR) is 102 cm³/mol. The lowest BCUT2D eigenvalue weighted by Gasteiger charge is -2.19. The van der Waals surface area contributed by atoms with Gasteiger partial charge in [-0.3, -0.25) is 4.79 Å². The number of ether oxygens (including phenoxy) is 1. The SMILES string of the molecule is Cc1ccc(C2=NN(C(=O)COC(=O)c3cc(C)no3)C(c3ccco3)C2)cc1. The van der Waals surface area contributed by atoms with Crippen molar-refractivity contribution >= 4 is 17.6 Å². The number of esters is 1. The molecule has 1 amide bonds. The maximum atomic E-state index is 12.8. The number of carbonyl (C=O) groups is 2. The minimum atomic E-state index is -0.754. The second-order valence-electron chi connectivity index (χ2n) is 6.80. The Morgan fingerprint density at radius 1 is 1.21 bits per heavy atom. The fraction of sp³-hybridized carbons (Fsp3) is 0.238. The lowest BCUT2D eigenvalue weighted by Crippen LogP contribution is -2.31. The van der Waals surface area contributed by atoms with Crippen molar-refractivity contribution in [3.63, 3.8) is 0 Å². The van der Waals surface area contributed by atoms with Crippen LogP contribution in [0.3, 0.4) is 0 Å². The van der Waals surface area contributed by atoms with Gasteiger partial charge in [-0.25, -0.2) is 9.80 Å². The van der Waals surface area contributed by atoms with Crippen LogP contribution in [-0.2, 0) is 9.53 Å². The van der Waals surface area contributed by atoms with Crippen LogP contribution < -0.4 is 0 Å². The summed E-state index contributed by atoms with van der Waals surface area (Å²) < 4.78 is 15.4. The number of carbonyl (C=O) groups excluding carboxylic acids is 2. The minimum absolute atomic E-state index is 0.0526. The first-order valence-corrected chi connectivity index (χ1v) is 9.11. The zero-order valence-corrected chi connectivity index (χ0v) is 16.0. The van der Waals surface area contributed by atoms with Crippen molar-refractivity contribution in [3.8, 4) is 0 Å². The van der Waals surface area contributed by atoms with Gasteiger partial charge in [0.15, 0.2) is 6.61 Å². The number of benzene rings is 1. The topological polar surface area (TPSA) is 98.1 Å². The monoisotopic (exact) mass is 393 g/mol. The van der Waals surface area contributed by atoms with Crippen molar-refractivity contribution in [1.82, 2.24) is 10.2 Å². The molecule has 4 rings (SSSR count). The Labute approximate surface area is 166 Å². The highest BCUT2D eigenvalue weighted by Gasteiger charge is 2.35. The molecule has 0 saturated heterocycles. The summed E-state index contributed by atoms with van der Waals surface area (Å²) in [6.07, 6.45) is 2.05. The summed E-state index contributed by atoms with van der Waals surface area (Å²) in [5.41, 5.74) is 3.37. The maximum Gasteiger partial charge on any atom is 0.377 e. The number of hydrogen-bond donors (Lipinski definition) is 0. The molecule has 8 heteroatoms. The molecular weight excluding hydrogens is 374 g/mol. The molecule has 1 aliphatic rings. The zero-order valence-electron chi connectivity index (χ0n) is 16.0. The Morgan fingerprint density at radius 3 is 2.66 bits per heavy atom. The number of furan rings is 1. The van der Waals surface area contributed by atoms with E-state index in [-0.39, 0.29) is 5.76 Å². The molecule has 3 heterocycles. The Kier molecular flexibility index (Phi) is 4.99. The van der Waals surface area contributed by atoms with Crippen LogP contribution in [0.25, 0.3) is 0 Å². The largest absolute Gasteiger partial charge is 0.467 e. The van der Waals surface area contributed by atoms with Gasteiger partial charge >= 0.3 is 5.97 Å². The van der Waals surface area contributed by atoms with Gasteiger partial charge in [-0.15, -0.1) is 0 Å². The van der Waals surface area contributed by atoms with Crippen LogP contribution in [0.15, 0.2) is 62.8 Å². The van der Waals surface area contributed by atoms with Crippen molar-refractivity contribution in [2.24, 2.45) is 5.10 Å². The molecular formula is C21H19N3O5. The third-order valence-electron chi connectivity index (χ3n) is 4.58. The Hall–Kier alpha value is -3.68. The molecule has 0 aliphatic carbocycles. The van der Waals surface area contributed by atoms with E-state index in [1.54, 1.807) is 25.3 Å². The second-order valence-corrected chi connectivity index (χ2v) is 6.80. The van der Waals surface area contributed by atoms with Gasteiger partial charge in [-0.2, -0.15) is 5.10 Å². The van der Waals surface area contributed by atoms with Gasteiger partial charge in [0.2, 0.25) is 5.76 Å². The van der Waals surface area contributed by atoms with Gasteiger partial charge in [0.05, 0.1) is 17.7 Å². The normalized spacial score (nSPS) is 16.0. The van der Waals surface area contributed by atoms with Crippen LogP contribution in [0.4, 0.5) is 0 Å². The molecule has 1 atom stereocenters. The summed E-state index contributed by atoms with van der Waals surface area (Å²) in [5, 5.41) is 9.44. The van der Waals surface area contributed by atoms with Crippen LogP contribution in [0, 0.1) is 13.8 Å². The number of rotatable bonds is 5. The van der Waals surface area contributed by atoms with E-state index in [0.717, 1.165) is 16.8 Å². The van der Waals surface area contributed by atoms with E-state index < -0.39 is 24.5 Å². The molecule has 0 saturated carbocycles. The molecule has 2 aromatic heterocycles. The highest BCUT2D eigenvalue weighted by molar-refractivity contribution is 6.03. The molecule has 3 aromatic rings. The summed E-state index contributed by atoms with van der Waals surface area (Å²) >= 11 is 0. The van der Waals surface area contributed by atoms with E-state index in [2.05, 4.69) is 10.3 Å². The van der Waals surface area contributed by atoms with Crippen molar-refractivity contribution in [2.75, 3.05) is 6.61 Å². The fourth-order valence-electron chi connectivity index (χ4n) is 3.09. The molecule has 0 spiro atoms. The van der Waals surface area contributed by atoms with E-state index in [1.807, 2.05) is 31.2 Å². The average Bonchev–Trinajstić information content (AvgIpc) is 3.46. The molecule has 1 unspecified atom stereocenters. The highest BCUT2D eigenvalue weighted by Crippen LogP contribution is 2.33. The number of aromatic nitrogens is 1. The first kappa shape index (κ1) is 18.7. The number of hydrazone groups is 1. The van der Waals surface area contributed by atoms with Gasteiger partial charge in [0.25, 0.3) is 5.91 Å². The smallest absolute Gasteiger partial charge is 0.377 e. The molecule has 148 valence electrons. The van der Waals surface area contributed by atoms with Crippen LogP contribution in [0.1, 0.15) is 45.6 Å². The van der Waals surface area contributed by atoms with Crippen molar-refractivity contribution in [1.29, 1.82) is 0 Å².